The molecule has 0 saturated heterocycles. The van der Waals surface area contributed by atoms with Gasteiger partial charge in [-0.05, 0) is 36.4 Å². The van der Waals surface area contributed by atoms with E-state index in [2.05, 4.69) is 10.3 Å². The molecule has 0 radical (unpaired) electrons. The van der Waals surface area contributed by atoms with Crippen LogP contribution in [0.5, 0.6) is 0 Å². The summed E-state index contributed by atoms with van der Waals surface area (Å²) in [5.74, 6) is 0.722. The summed E-state index contributed by atoms with van der Waals surface area (Å²) in [6, 6.07) is 17.2. The highest BCUT2D eigenvalue weighted by Crippen LogP contribution is 2.35. The van der Waals surface area contributed by atoms with Gasteiger partial charge in [0.2, 0.25) is 0 Å². The second-order valence-electron chi connectivity index (χ2n) is 5.13. The Morgan fingerprint density at radius 3 is 2.61 bits per heavy atom. The van der Waals surface area contributed by atoms with Crippen molar-refractivity contribution in [3.8, 4) is 0 Å². The number of aromatic nitrogens is 1. The molecule has 23 heavy (non-hydrogen) atoms. The third-order valence-corrected chi connectivity index (χ3v) is 4.19. The maximum Gasteiger partial charge on any atom is 0.156 e. The van der Waals surface area contributed by atoms with Crippen molar-refractivity contribution in [3.63, 3.8) is 0 Å². The molecule has 0 atom stereocenters. The largest absolute Gasteiger partial charge is 0.338 e. The lowest BCUT2D eigenvalue weighted by Gasteiger charge is -2.11. The number of halogens is 2. The number of para-hydroxylation sites is 1. The predicted octanol–water partition coefficient (Wildman–Crippen LogP) is 5.61. The third-order valence-electron chi connectivity index (χ3n) is 3.64. The van der Waals surface area contributed by atoms with Gasteiger partial charge in [0.1, 0.15) is 5.69 Å². The molecule has 2 aromatic carbocycles. The van der Waals surface area contributed by atoms with Gasteiger partial charge in [0, 0.05) is 28.0 Å². The Morgan fingerprint density at radius 1 is 0.870 bits per heavy atom. The van der Waals surface area contributed by atoms with Gasteiger partial charge in [0.25, 0.3) is 0 Å². The van der Waals surface area contributed by atoms with E-state index in [1.165, 1.54) is 0 Å². The summed E-state index contributed by atoms with van der Waals surface area (Å²) in [5.41, 5.74) is 4.30. The SMILES string of the molecule is Clc1ccc(C2=Nc3cccnc3Nc3ccccc32)c(Cl)c1. The van der Waals surface area contributed by atoms with Gasteiger partial charge in [-0.25, -0.2) is 9.98 Å². The fourth-order valence-electron chi connectivity index (χ4n) is 2.58. The van der Waals surface area contributed by atoms with Crippen molar-refractivity contribution < 1.29 is 0 Å². The molecule has 0 amide bonds. The smallest absolute Gasteiger partial charge is 0.156 e. The first-order valence-corrected chi connectivity index (χ1v) is 7.83. The predicted molar refractivity (Wildman–Crippen MR) is 95.7 cm³/mol. The number of aliphatic imine (C=N–C) groups is 1. The fraction of sp³-hybridized carbons (Fsp3) is 0. The summed E-state index contributed by atoms with van der Waals surface area (Å²) in [6.45, 7) is 0. The van der Waals surface area contributed by atoms with Gasteiger partial charge in [0.15, 0.2) is 5.82 Å². The first-order valence-electron chi connectivity index (χ1n) is 7.08. The number of nitrogens with one attached hydrogen (secondary N) is 1. The van der Waals surface area contributed by atoms with Crippen LogP contribution in [0.1, 0.15) is 11.1 Å². The molecule has 1 aliphatic heterocycles. The zero-order chi connectivity index (χ0) is 15.8. The number of anilines is 2. The van der Waals surface area contributed by atoms with Crippen molar-refractivity contribution in [1.29, 1.82) is 0 Å². The van der Waals surface area contributed by atoms with Crippen molar-refractivity contribution in [2.24, 2.45) is 4.99 Å². The van der Waals surface area contributed by atoms with Gasteiger partial charge < -0.3 is 5.32 Å². The van der Waals surface area contributed by atoms with Gasteiger partial charge in [0.05, 0.1) is 10.7 Å². The topological polar surface area (TPSA) is 37.3 Å². The molecule has 1 aromatic heterocycles. The normalized spacial score (nSPS) is 12.5. The Hall–Kier alpha value is -2.36. The van der Waals surface area contributed by atoms with E-state index in [1.807, 2.05) is 48.5 Å². The van der Waals surface area contributed by atoms with E-state index in [0.717, 1.165) is 34.0 Å². The van der Waals surface area contributed by atoms with E-state index in [9.17, 15) is 0 Å². The highest BCUT2D eigenvalue weighted by molar-refractivity contribution is 6.38. The number of hydrogen-bond donors (Lipinski definition) is 1. The average molecular weight is 340 g/mol. The minimum Gasteiger partial charge on any atom is -0.338 e. The first-order chi connectivity index (χ1) is 11.2. The summed E-state index contributed by atoms with van der Waals surface area (Å²) in [6.07, 6.45) is 1.74. The quantitative estimate of drug-likeness (QED) is 0.489. The Morgan fingerprint density at radius 2 is 1.74 bits per heavy atom. The van der Waals surface area contributed by atoms with Crippen molar-refractivity contribution >= 4 is 46.1 Å². The lowest BCUT2D eigenvalue weighted by Crippen LogP contribution is -2.05. The second-order valence-corrected chi connectivity index (χ2v) is 5.97. The van der Waals surface area contributed by atoms with Crippen LogP contribution in [0.25, 0.3) is 0 Å². The zero-order valence-corrected chi connectivity index (χ0v) is 13.4. The first kappa shape index (κ1) is 14.2. The minimum atomic E-state index is 0.568. The van der Waals surface area contributed by atoms with Crippen LogP contribution >= 0.6 is 23.2 Å². The molecule has 3 aromatic rings. The Kier molecular flexibility index (Phi) is 3.52. The van der Waals surface area contributed by atoms with Gasteiger partial charge in [-0.3, -0.25) is 0 Å². The number of benzene rings is 2. The van der Waals surface area contributed by atoms with Crippen LogP contribution < -0.4 is 5.32 Å². The second kappa shape index (κ2) is 5.69. The van der Waals surface area contributed by atoms with Crippen LogP contribution in [0.15, 0.2) is 65.8 Å². The van der Waals surface area contributed by atoms with Crippen molar-refractivity contribution in [3.05, 3.63) is 82.0 Å². The van der Waals surface area contributed by atoms with Crippen LogP contribution in [0, 0.1) is 0 Å². The number of nitrogens with zero attached hydrogens (tertiary/aromatic N) is 2. The van der Waals surface area contributed by atoms with Gasteiger partial charge in [-0.2, -0.15) is 0 Å². The zero-order valence-electron chi connectivity index (χ0n) is 11.9. The molecule has 4 rings (SSSR count). The molecule has 0 aliphatic carbocycles. The maximum atomic E-state index is 6.41. The summed E-state index contributed by atoms with van der Waals surface area (Å²) in [4.78, 5) is 9.18. The van der Waals surface area contributed by atoms with Crippen LogP contribution in [0.2, 0.25) is 10.0 Å². The average Bonchev–Trinajstić information content (AvgIpc) is 2.71. The molecule has 0 saturated carbocycles. The summed E-state index contributed by atoms with van der Waals surface area (Å²) in [5, 5.41) is 4.51. The van der Waals surface area contributed by atoms with E-state index in [0.29, 0.717) is 10.0 Å². The van der Waals surface area contributed by atoms with E-state index >= 15 is 0 Å². The fourth-order valence-corrected chi connectivity index (χ4v) is 3.08. The third kappa shape index (κ3) is 2.58. The molecule has 5 heteroatoms. The minimum absolute atomic E-state index is 0.568. The highest BCUT2D eigenvalue weighted by Gasteiger charge is 2.19. The molecule has 1 N–H and O–H groups in total. The molecule has 112 valence electrons. The van der Waals surface area contributed by atoms with Crippen molar-refractivity contribution in [2.45, 2.75) is 0 Å². The molecule has 0 bridgehead atoms. The molecule has 1 aliphatic rings. The van der Waals surface area contributed by atoms with E-state index < -0.39 is 0 Å². The highest BCUT2D eigenvalue weighted by atomic mass is 35.5. The summed E-state index contributed by atoms with van der Waals surface area (Å²) >= 11 is 12.4. The van der Waals surface area contributed by atoms with Crippen LogP contribution in [-0.4, -0.2) is 10.7 Å². The monoisotopic (exact) mass is 339 g/mol. The maximum absolute atomic E-state index is 6.41. The molecule has 0 fully saturated rings. The lowest BCUT2D eigenvalue weighted by molar-refractivity contribution is 1.30. The van der Waals surface area contributed by atoms with E-state index in [-0.39, 0.29) is 0 Å². The summed E-state index contributed by atoms with van der Waals surface area (Å²) < 4.78 is 0. The molecular weight excluding hydrogens is 329 g/mol. The molecular formula is C18H11Cl2N3. The lowest BCUT2D eigenvalue weighted by atomic mass is 10.0. The van der Waals surface area contributed by atoms with Crippen molar-refractivity contribution in [2.75, 3.05) is 5.32 Å². The Labute approximate surface area is 143 Å². The molecule has 3 nitrogen and oxygen atoms in total. The Balaban J connectivity index is 2.01. The summed E-state index contributed by atoms with van der Waals surface area (Å²) in [7, 11) is 0. The molecule has 0 unspecified atom stereocenters. The van der Waals surface area contributed by atoms with Crippen molar-refractivity contribution in [1.82, 2.24) is 4.98 Å². The molecule has 0 spiro atoms. The van der Waals surface area contributed by atoms with Crippen LogP contribution in [0.4, 0.5) is 17.2 Å². The van der Waals surface area contributed by atoms with E-state index in [1.54, 1.807) is 12.3 Å². The molecule has 2 heterocycles. The number of rotatable bonds is 1. The van der Waals surface area contributed by atoms with Gasteiger partial charge >= 0.3 is 0 Å². The number of pyridine rings is 1. The van der Waals surface area contributed by atoms with Crippen LogP contribution in [0.3, 0.4) is 0 Å². The standard InChI is InChI=1S/C18H11Cl2N3/c19-11-7-8-12(14(20)10-11)17-13-4-1-2-5-15(13)23-18-16(22-17)6-3-9-21-18/h1-10H,(H,21,23). The van der Waals surface area contributed by atoms with E-state index in [4.69, 9.17) is 28.2 Å². The van der Waals surface area contributed by atoms with Crippen LogP contribution in [-0.2, 0) is 0 Å². The van der Waals surface area contributed by atoms with Gasteiger partial charge in [-0.1, -0.05) is 41.4 Å². The Bertz CT molecular complexity index is 935. The van der Waals surface area contributed by atoms with Gasteiger partial charge in [-0.15, -0.1) is 0 Å². The number of hydrogen-bond acceptors (Lipinski definition) is 3. The number of fused-ring (bicyclic) bond motifs is 2.